The van der Waals surface area contributed by atoms with Crippen LogP contribution in [0, 0.1) is 6.92 Å². The molecule has 0 unspecified atom stereocenters. The molecular formula is C23H26ClN3O. The molecule has 5 heteroatoms. The quantitative estimate of drug-likeness (QED) is 0.527. The number of rotatable bonds is 7. The van der Waals surface area contributed by atoms with Crippen LogP contribution in [0.5, 0.6) is 0 Å². The first-order valence-electron chi connectivity index (χ1n) is 9.56. The molecule has 0 bridgehead atoms. The molecule has 0 radical (unpaired) electrons. The summed E-state index contributed by atoms with van der Waals surface area (Å²) in [5, 5.41) is 3.75. The van der Waals surface area contributed by atoms with E-state index in [0.717, 1.165) is 40.5 Å². The fourth-order valence-corrected chi connectivity index (χ4v) is 3.44. The highest BCUT2D eigenvalue weighted by molar-refractivity contribution is 6.30. The van der Waals surface area contributed by atoms with E-state index in [0.29, 0.717) is 13.1 Å². The van der Waals surface area contributed by atoms with Crippen LogP contribution >= 0.6 is 11.6 Å². The van der Waals surface area contributed by atoms with Crippen LogP contribution in [-0.4, -0.2) is 22.0 Å². The van der Waals surface area contributed by atoms with Crippen molar-refractivity contribution < 1.29 is 4.79 Å². The van der Waals surface area contributed by atoms with Crippen LogP contribution in [0.4, 0.5) is 10.5 Å². The summed E-state index contributed by atoms with van der Waals surface area (Å²) in [5.74, 6) is 0. The molecule has 28 heavy (non-hydrogen) atoms. The van der Waals surface area contributed by atoms with Gasteiger partial charge in [-0.2, -0.15) is 0 Å². The Morgan fingerprint density at radius 2 is 1.93 bits per heavy atom. The van der Waals surface area contributed by atoms with Crippen LogP contribution in [0.2, 0.25) is 5.02 Å². The van der Waals surface area contributed by atoms with Gasteiger partial charge in [0.15, 0.2) is 0 Å². The van der Waals surface area contributed by atoms with E-state index in [9.17, 15) is 4.79 Å². The van der Waals surface area contributed by atoms with Gasteiger partial charge in [0, 0.05) is 35.7 Å². The van der Waals surface area contributed by atoms with Crippen LogP contribution < -0.4 is 5.32 Å². The van der Waals surface area contributed by atoms with Gasteiger partial charge in [0.2, 0.25) is 0 Å². The van der Waals surface area contributed by atoms with Crippen LogP contribution in [0.15, 0.2) is 66.9 Å². The summed E-state index contributed by atoms with van der Waals surface area (Å²) in [7, 11) is 0. The van der Waals surface area contributed by atoms with Crippen molar-refractivity contribution in [3.05, 3.63) is 88.7 Å². The highest BCUT2D eigenvalue weighted by Crippen LogP contribution is 2.16. The Morgan fingerprint density at radius 1 is 1.11 bits per heavy atom. The summed E-state index contributed by atoms with van der Waals surface area (Å²) < 4.78 is 2.16. The van der Waals surface area contributed by atoms with Crippen molar-refractivity contribution in [3.63, 3.8) is 0 Å². The predicted octanol–water partition coefficient (Wildman–Crippen LogP) is 5.94. The van der Waals surface area contributed by atoms with Gasteiger partial charge in [0.1, 0.15) is 0 Å². The molecule has 3 aromatic rings. The summed E-state index contributed by atoms with van der Waals surface area (Å²) in [4.78, 5) is 14.7. The lowest BCUT2D eigenvalue weighted by Gasteiger charge is -2.23. The number of carbonyl (C=O) groups excluding carboxylic acids is 1. The largest absolute Gasteiger partial charge is 0.345 e. The van der Waals surface area contributed by atoms with E-state index in [1.54, 1.807) is 0 Å². The molecule has 3 rings (SSSR count). The zero-order chi connectivity index (χ0) is 19.9. The van der Waals surface area contributed by atoms with Crippen LogP contribution in [-0.2, 0) is 13.1 Å². The molecular weight excluding hydrogens is 370 g/mol. The molecule has 0 spiro atoms. The molecule has 1 heterocycles. The summed E-state index contributed by atoms with van der Waals surface area (Å²) in [6.07, 6.45) is 2.94. The van der Waals surface area contributed by atoms with Gasteiger partial charge in [-0.15, -0.1) is 0 Å². The number of halogens is 1. The molecule has 0 aliphatic rings. The number of hydrogen-bond donors (Lipinski definition) is 1. The fraction of sp³-hybridized carbons (Fsp3) is 0.261. The van der Waals surface area contributed by atoms with E-state index in [2.05, 4.69) is 28.9 Å². The lowest BCUT2D eigenvalue weighted by atomic mass is 10.2. The highest BCUT2D eigenvalue weighted by Gasteiger charge is 2.15. The monoisotopic (exact) mass is 395 g/mol. The average molecular weight is 396 g/mol. The number of carbonyl (C=O) groups is 1. The molecule has 4 nitrogen and oxygen atoms in total. The first-order valence-corrected chi connectivity index (χ1v) is 9.94. The van der Waals surface area contributed by atoms with E-state index >= 15 is 0 Å². The number of nitrogens with zero attached hydrogens (tertiary/aromatic N) is 2. The van der Waals surface area contributed by atoms with Gasteiger partial charge < -0.3 is 14.8 Å². The van der Waals surface area contributed by atoms with Gasteiger partial charge >= 0.3 is 6.03 Å². The van der Waals surface area contributed by atoms with Gasteiger partial charge in [0.05, 0.1) is 6.54 Å². The van der Waals surface area contributed by atoms with Crippen molar-refractivity contribution in [1.29, 1.82) is 0 Å². The third-order valence-corrected chi connectivity index (χ3v) is 4.80. The van der Waals surface area contributed by atoms with E-state index < -0.39 is 0 Å². The topological polar surface area (TPSA) is 37.3 Å². The highest BCUT2D eigenvalue weighted by atomic mass is 35.5. The molecule has 1 aromatic heterocycles. The molecule has 2 aromatic carbocycles. The van der Waals surface area contributed by atoms with Crippen molar-refractivity contribution in [3.8, 4) is 0 Å². The molecule has 0 saturated carbocycles. The molecule has 0 fully saturated rings. The second-order valence-electron chi connectivity index (χ2n) is 6.98. The minimum atomic E-state index is -0.0806. The van der Waals surface area contributed by atoms with E-state index in [-0.39, 0.29) is 6.03 Å². The zero-order valence-electron chi connectivity index (χ0n) is 16.4. The maximum atomic E-state index is 12.8. The Morgan fingerprint density at radius 3 is 2.68 bits per heavy atom. The second-order valence-corrected chi connectivity index (χ2v) is 7.41. The summed E-state index contributed by atoms with van der Waals surface area (Å²) >= 11 is 6.11. The molecule has 2 amide bonds. The Balaban J connectivity index is 1.72. The number of aromatic nitrogens is 1. The second kappa shape index (κ2) is 9.47. The van der Waals surface area contributed by atoms with Crippen molar-refractivity contribution in [2.24, 2.45) is 0 Å². The maximum Gasteiger partial charge on any atom is 0.322 e. The number of nitrogens with one attached hydrogen (secondary N) is 1. The minimum Gasteiger partial charge on any atom is -0.345 e. The molecule has 0 atom stereocenters. The van der Waals surface area contributed by atoms with Gasteiger partial charge in [0.25, 0.3) is 0 Å². The number of urea groups is 1. The lowest BCUT2D eigenvalue weighted by Crippen LogP contribution is -2.35. The third kappa shape index (κ3) is 5.40. The normalized spacial score (nSPS) is 10.7. The van der Waals surface area contributed by atoms with Crippen LogP contribution in [0.1, 0.15) is 30.2 Å². The standard InChI is InChI=1S/C23H26ClN3O/c1-3-12-27(23(28)25-21-10-4-7-18(2)14-21)17-22-11-6-13-26(22)16-19-8-5-9-20(24)15-19/h4-11,13-15H,3,12,16-17H2,1-2H3,(H,25,28). The van der Waals surface area contributed by atoms with Crippen molar-refractivity contribution in [2.45, 2.75) is 33.4 Å². The third-order valence-electron chi connectivity index (χ3n) is 4.57. The number of benzene rings is 2. The number of aryl methyl sites for hydroxylation is 1. The SMILES string of the molecule is CCCN(Cc1cccn1Cc1cccc(Cl)c1)C(=O)Nc1cccc(C)c1. The Labute approximate surface area is 171 Å². The Bertz CT molecular complexity index is 935. The zero-order valence-corrected chi connectivity index (χ0v) is 17.1. The van der Waals surface area contributed by atoms with Crippen molar-refractivity contribution >= 4 is 23.3 Å². The van der Waals surface area contributed by atoms with Gasteiger partial charge in [-0.25, -0.2) is 4.79 Å². The number of amides is 2. The number of hydrogen-bond acceptors (Lipinski definition) is 1. The summed E-state index contributed by atoms with van der Waals surface area (Å²) in [5.41, 5.74) is 4.17. The van der Waals surface area contributed by atoms with Crippen molar-refractivity contribution in [1.82, 2.24) is 9.47 Å². The first-order chi connectivity index (χ1) is 13.5. The Hall–Kier alpha value is -2.72. The van der Waals surface area contributed by atoms with Gasteiger partial charge in [-0.1, -0.05) is 42.8 Å². The van der Waals surface area contributed by atoms with E-state index in [1.165, 1.54) is 0 Å². The van der Waals surface area contributed by atoms with Crippen molar-refractivity contribution in [2.75, 3.05) is 11.9 Å². The molecule has 1 N–H and O–H groups in total. The lowest BCUT2D eigenvalue weighted by molar-refractivity contribution is 0.208. The minimum absolute atomic E-state index is 0.0806. The van der Waals surface area contributed by atoms with Crippen LogP contribution in [0.3, 0.4) is 0 Å². The molecule has 0 aliphatic carbocycles. The smallest absolute Gasteiger partial charge is 0.322 e. The summed E-state index contributed by atoms with van der Waals surface area (Å²) in [6.45, 7) is 6.07. The predicted molar refractivity (Wildman–Crippen MR) is 116 cm³/mol. The van der Waals surface area contributed by atoms with Crippen LogP contribution in [0.25, 0.3) is 0 Å². The maximum absolute atomic E-state index is 12.8. The van der Waals surface area contributed by atoms with E-state index in [1.807, 2.05) is 66.6 Å². The Kier molecular flexibility index (Phi) is 6.77. The molecule has 146 valence electrons. The molecule has 0 saturated heterocycles. The average Bonchev–Trinajstić information content (AvgIpc) is 3.08. The molecule has 0 aliphatic heterocycles. The van der Waals surface area contributed by atoms with E-state index in [4.69, 9.17) is 11.6 Å². The first kappa shape index (κ1) is 20.0. The number of anilines is 1. The van der Waals surface area contributed by atoms with Gasteiger partial charge in [-0.05, 0) is 60.9 Å². The summed E-state index contributed by atoms with van der Waals surface area (Å²) in [6, 6.07) is 19.7. The van der Waals surface area contributed by atoms with Gasteiger partial charge in [-0.3, -0.25) is 0 Å². The fourth-order valence-electron chi connectivity index (χ4n) is 3.22.